The van der Waals surface area contributed by atoms with E-state index in [1.807, 2.05) is 0 Å². The second-order valence-corrected chi connectivity index (χ2v) is 1.75. The van der Waals surface area contributed by atoms with Crippen LogP contribution in [0.2, 0.25) is 0 Å². The zero-order valence-electron chi connectivity index (χ0n) is 4.98. The summed E-state index contributed by atoms with van der Waals surface area (Å²) in [4.78, 5) is 0. The average molecular weight is 136 g/mol. The maximum atomic E-state index is 4.75. The summed E-state index contributed by atoms with van der Waals surface area (Å²) in [5, 5.41) is 13.3. The van der Waals surface area contributed by atoms with Gasteiger partial charge in [-0.25, -0.2) is 0 Å². The fraction of sp³-hybridized carbons (Fsp3) is 0. The fourth-order valence-corrected chi connectivity index (χ4v) is 0.679. The molecule has 0 bridgehead atoms. The second kappa shape index (κ2) is 1.94. The number of aromatic amines is 1. The van der Waals surface area contributed by atoms with E-state index in [0.717, 1.165) is 5.69 Å². The number of hydrogen-bond donors (Lipinski definition) is 1. The Morgan fingerprint density at radius 3 is 3.10 bits per heavy atom. The van der Waals surface area contributed by atoms with Crippen molar-refractivity contribution in [2.24, 2.45) is 0 Å². The Hall–Kier alpha value is -1.65. The Morgan fingerprint density at radius 2 is 2.50 bits per heavy atom. The molecule has 0 radical (unpaired) electrons. The third kappa shape index (κ3) is 0.680. The van der Waals surface area contributed by atoms with Crippen LogP contribution in [-0.4, -0.2) is 20.6 Å². The zero-order valence-corrected chi connectivity index (χ0v) is 4.98. The highest BCUT2D eigenvalue weighted by molar-refractivity contribution is 5.48. The first-order valence-electron chi connectivity index (χ1n) is 2.74. The van der Waals surface area contributed by atoms with Crippen LogP contribution in [0.25, 0.3) is 11.5 Å². The predicted molar refractivity (Wildman–Crippen MR) is 31.9 cm³/mol. The molecule has 2 aromatic rings. The standard InChI is InChI=1S/C5H4N4O/c1-2-6-8-4(1)5-3-7-9-10-5/h1-3H,(H,6,8). The van der Waals surface area contributed by atoms with Crippen LogP contribution >= 0.6 is 0 Å². The highest BCUT2D eigenvalue weighted by Crippen LogP contribution is 2.11. The van der Waals surface area contributed by atoms with E-state index >= 15 is 0 Å². The minimum Gasteiger partial charge on any atom is -0.335 e. The molecule has 0 fully saturated rings. The Morgan fingerprint density at radius 1 is 1.50 bits per heavy atom. The molecule has 0 saturated heterocycles. The van der Waals surface area contributed by atoms with Gasteiger partial charge >= 0.3 is 0 Å². The number of aromatic nitrogens is 4. The molecular weight excluding hydrogens is 132 g/mol. The molecular formula is C5H4N4O. The molecule has 2 rings (SSSR count). The lowest BCUT2D eigenvalue weighted by Gasteiger charge is -1.81. The lowest BCUT2D eigenvalue weighted by Crippen LogP contribution is -1.71. The van der Waals surface area contributed by atoms with Crippen LogP contribution in [-0.2, 0) is 0 Å². The molecule has 0 aliphatic carbocycles. The van der Waals surface area contributed by atoms with Crippen LogP contribution in [0.15, 0.2) is 23.0 Å². The third-order valence-corrected chi connectivity index (χ3v) is 1.13. The highest BCUT2D eigenvalue weighted by atomic mass is 16.5. The van der Waals surface area contributed by atoms with Crippen LogP contribution in [0.4, 0.5) is 0 Å². The van der Waals surface area contributed by atoms with Gasteiger partial charge in [0, 0.05) is 11.5 Å². The Balaban J connectivity index is 2.48. The maximum Gasteiger partial charge on any atom is 0.205 e. The van der Waals surface area contributed by atoms with Gasteiger partial charge in [-0.05, 0) is 6.07 Å². The first-order valence-corrected chi connectivity index (χ1v) is 2.74. The lowest BCUT2D eigenvalue weighted by molar-refractivity contribution is 0.402. The first kappa shape index (κ1) is 5.16. The van der Waals surface area contributed by atoms with Crippen molar-refractivity contribution in [2.45, 2.75) is 0 Å². The van der Waals surface area contributed by atoms with Crippen molar-refractivity contribution in [3.05, 3.63) is 18.5 Å². The van der Waals surface area contributed by atoms with Crippen molar-refractivity contribution in [3.63, 3.8) is 0 Å². The summed E-state index contributed by atoms with van der Waals surface area (Å²) in [7, 11) is 0. The summed E-state index contributed by atoms with van der Waals surface area (Å²) in [5.41, 5.74) is 0.782. The molecule has 0 aliphatic heterocycles. The van der Waals surface area contributed by atoms with Crippen LogP contribution in [0.1, 0.15) is 0 Å². The second-order valence-electron chi connectivity index (χ2n) is 1.75. The van der Waals surface area contributed by atoms with Crippen LogP contribution in [0, 0.1) is 0 Å². The van der Waals surface area contributed by atoms with Gasteiger partial charge in [-0.2, -0.15) is 5.10 Å². The van der Waals surface area contributed by atoms with Gasteiger partial charge in [0.1, 0.15) is 11.9 Å². The summed E-state index contributed by atoms with van der Waals surface area (Å²) in [6.07, 6.45) is 3.16. The number of nitrogens with zero attached hydrogens (tertiary/aromatic N) is 3. The molecule has 0 amide bonds. The Kier molecular flexibility index (Phi) is 1.00. The molecule has 50 valence electrons. The minimum absolute atomic E-state index is 0.595. The van der Waals surface area contributed by atoms with Gasteiger partial charge in [0.15, 0.2) is 0 Å². The molecule has 0 atom stereocenters. The molecule has 5 heteroatoms. The van der Waals surface area contributed by atoms with Crippen molar-refractivity contribution in [1.29, 1.82) is 0 Å². The molecule has 0 aliphatic rings. The third-order valence-electron chi connectivity index (χ3n) is 1.13. The Labute approximate surface area is 56.0 Å². The molecule has 10 heavy (non-hydrogen) atoms. The van der Waals surface area contributed by atoms with Gasteiger partial charge in [-0.1, -0.05) is 0 Å². The fourth-order valence-electron chi connectivity index (χ4n) is 0.679. The van der Waals surface area contributed by atoms with Crippen molar-refractivity contribution in [3.8, 4) is 11.5 Å². The normalized spacial score (nSPS) is 10.0. The average Bonchev–Trinajstić information content (AvgIpc) is 2.59. The molecule has 0 spiro atoms. The smallest absolute Gasteiger partial charge is 0.205 e. The summed E-state index contributed by atoms with van der Waals surface area (Å²) >= 11 is 0. The molecule has 1 N–H and O–H groups in total. The summed E-state index contributed by atoms with van der Waals surface area (Å²) in [6, 6.07) is 1.78. The summed E-state index contributed by atoms with van der Waals surface area (Å²) < 4.78 is 4.75. The number of hydrogen-bond acceptors (Lipinski definition) is 4. The van der Waals surface area contributed by atoms with Crippen molar-refractivity contribution in [2.75, 3.05) is 0 Å². The van der Waals surface area contributed by atoms with E-state index in [-0.39, 0.29) is 0 Å². The van der Waals surface area contributed by atoms with E-state index < -0.39 is 0 Å². The van der Waals surface area contributed by atoms with Crippen molar-refractivity contribution < 1.29 is 4.52 Å². The summed E-state index contributed by atoms with van der Waals surface area (Å²) in [5.74, 6) is 0.595. The minimum atomic E-state index is 0.595. The van der Waals surface area contributed by atoms with E-state index in [4.69, 9.17) is 4.52 Å². The largest absolute Gasteiger partial charge is 0.335 e. The molecule has 5 nitrogen and oxygen atoms in total. The maximum absolute atomic E-state index is 4.75. The number of H-pyrrole nitrogens is 1. The van der Waals surface area contributed by atoms with E-state index in [1.165, 1.54) is 6.20 Å². The van der Waals surface area contributed by atoms with Gasteiger partial charge in [-0.15, -0.1) is 5.10 Å². The predicted octanol–water partition coefficient (Wildman–Crippen LogP) is 0.460. The number of rotatable bonds is 1. The summed E-state index contributed by atoms with van der Waals surface area (Å²) in [6.45, 7) is 0. The van der Waals surface area contributed by atoms with Crippen molar-refractivity contribution >= 4 is 0 Å². The van der Waals surface area contributed by atoms with Crippen LogP contribution < -0.4 is 0 Å². The van der Waals surface area contributed by atoms with Gasteiger partial charge in [-0.3, -0.25) is 5.10 Å². The molecule has 2 aromatic heterocycles. The van der Waals surface area contributed by atoms with Gasteiger partial charge in [0.2, 0.25) is 5.76 Å². The molecule has 0 aromatic carbocycles. The van der Waals surface area contributed by atoms with Gasteiger partial charge < -0.3 is 4.52 Å². The van der Waals surface area contributed by atoms with E-state index in [9.17, 15) is 0 Å². The molecule has 2 heterocycles. The number of nitrogens with one attached hydrogen (secondary N) is 1. The van der Waals surface area contributed by atoms with Crippen LogP contribution in [0.3, 0.4) is 0 Å². The monoisotopic (exact) mass is 136 g/mol. The first-order chi connectivity index (χ1) is 4.97. The van der Waals surface area contributed by atoms with E-state index in [2.05, 4.69) is 20.6 Å². The molecule has 0 saturated carbocycles. The SMILES string of the molecule is c1cc(-c2cnno2)[nH]n1. The Bertz CT molecular complexity index is 253. The van der Waals surface area contributed by atoms with E-state index in [0.29, 0.717) is 5.76 Å². The zero-order chi connectivity index (χ0) is 6.81. The highest BCUT2D eigenvalue weighted by Gasteiger charge is 2.01. The lowest BCUT2D eigenvalue weighted by atomic mass is 10.4. The van der Waals surface area contributed by atoms with Crippen molar-refractivity contribution in [1.82, 2.24) is 20.6 Å². The topological polar surface area (TPSA) is 67.6 Å². The van der Waals surface area contributed by atoms with Gasteiger partial charge in [0.05, 0.1) is 0 Å². The van der Waals surface area contributed by atoms with Gasteiger partial charge in [0.25, 0.3) is 0 Å². The quantitative estimate of drug-likeness (QED) is 0.618. The molecule has 0 unspecified atom stereocenters. The van der Waals surface area contributed by atoms with Crippen LogP contribution in [0.5, 0.6) is 0 Å². The van der Waals surface area contributed by atoms with E-state index in [1.54, 1.807) is 12.3 Å².